The molecular formula is C20H23FN2O2S. The molecule has 0 N–H and O–H groups in total. The van der Waals surface area contributed by atoms with Crippen molar-refractivity contribution in [1.82, 2.24) is 9.21 Å². The molecule has 1 heterocycles. The monoisotopic (exact) mass is 374 g/mol. The van der Waals surface area contributed by atoms with E-state index in [0.717, 1.165) is 19.3 Å². The number of hydrogen-bond acceptors (Lipinski definition) is 3. The molecule has 2 aliphatic rings. The van der Waals surface area contributed by atoms with Crippen LogP contribution >= 0.6 is 0 Å². The molecule has 26 heavy (non-hydrogen) atoms. The largest absolute Gasteiger partial charge is 0.296 e. The fraction of sp³-hybridized carbons (Fsp3) is 0.400. The van der Waals surface area contributed by atoms with Gasteiger partial charge in [0.25, 0.3) is 0 Å². The lowest BCUT2D eigenvalue weighted by atomic mass is 10.1. The van der Waals surface area contributed by atoms with Crippen molar-refractivity contribution in [2.24, 2.45) is 0 Å². The van der Waals surface area contributed by atoms with Crippen molar-refractivity contribution in [3.8, 4) is 0 Å². The molecular weight excluding hydrogens is 351 g/mol. The number of fused-ring (bicyclic) bond motifs is 1. The van der Waals surface area contributed by atoms with Crippen molar-refractivity contribution in [2.75, 3.05) is 26.2 Å². The van der Waals surface area contributed by atoms with Crippen LogP contribution in [0.25, 0.3) is 0 Å². The molecule has 1 aliphatic carbocycles. The molecule has 138 valence electrons. The Morgan fingerprint density at radius 3 is 2.42 bits per heavy atom. The van der Waals surface area contributed by atoms with Crippen molar-refractivity contribution < 1.29 is 12.8 Å². The number of nitrogens with zero attached hydrogens (tertiary/aromatic N) is 2. The minimum atomic E-state index is -3.46. The molecule has 6 heteroatoms. The summed E-state index contributed by atoms with van der Waals surface area (Å²) in [7, 11) is -3.46. The van der Waals surface area contributed by atoms with Gasteiger partial charge in [-0.05, 0) is 48.6 Å². The van der Waals surface area contributed by atoms with E-state index >= 15 is 0 Å². The summed E-state index contributed by atoms with van der Waals surface area (Å²) in [4.78, 5) is 2.51. The third kappa shape index (κ3) is 3.41. The summed E-state index contributed by atoms with van der Waals surface area (Å²) in [5.41, 5.74) is 3.10. The fourth-order valence-electron chi connectivity index (χ4n) is 3.85. The summed E-state index contributed by atoms with van der Waals surface area (Å²) < 4.78 is 41.3. The zero-order chi connectivity index (χ0) is 18.1. The number of sulfonamides is 1. The van der Waals surface area contributed by atoms with E-state index in [9.17, 15) is 12.8 Å². The van der Waals surface area contributed by atoms with Crippen molar-refractivity contribution in [2.45, 2.75) is 30.7 Å². The van der Waals surface area contributed by atoms with Crippen LogP contribution in [0.4, 0.5) is 4.39 Å². The summed E-state index contributed by atoms with van der Waals surface area (Å²) in [6.07, 6.45) is 3.12. The van der Waals surface area contributed by atoms with Gasteiger partial charge in [0.15, 0.2) is 0 Å². The predicted molar refractivity (Wildman–Crippen MR) is 98.9 cm³/mol. The Morgan fingerprint density at radius 2 is 1.65 bits per heavy atom. The normalized spacial score (nSPS) is 18.8. The van der Waals surface area contributed by atoms with Crippen molar-refractivity contribution in [1.29, 1.82) is 0 Å². The first-order valence-corrected chi connectivity index (χ1v) is 10.6. The maximum absolute atomic E-state index is 13.8. The van der Waals surface area contributed by atoms with Crippen LogP contribution in [0, 0.1) is 5.82 Å². The first-order chi connectivity index (χ1) is 12.5. The summed E-state index contributed by atoms with van der Waals surface area (Å²) in [6.45, 7) is 2.61. The van der Waals surface area contributed by atoms with Crippen LogP contribution in [-0.2, 0) is 29.4 Å². The topological polar surface area (TPSA) is 40.6 Å². The van der Waals surface area contributed by atoms with Gasteiger partial charge >= 0.3 is 0 Å². The Kier molecular flexibility index (Phi) is 4.82. The quantitative estimate of drug-likeness (QED) is 0.826. The average Bonchev–Trinajstić information content (AvgIpc) is 3.12. The molecule has 0 aromatic heterocycles. The number of rotatable bonds is 4. The van der Waals surface area contributed by atoms with E-state index in [2.05, 4.69) is 4.90 Å². The molecule has 1 fully saturated rings. The molecule has 2 aromatic rings. The van der Waals surface area contributed by atoms with Gasteiger partial charge in [0.1, 0.15) is 5.82 Å². The lowest BCUT2D eigenvalue weighted by Gasteiger charge is -2.34. The molecule has 0 atom stereocenters. The SMILES string of the molecule is O=S(=O)(c1ccc2c(c1)CCC2)N1CCN(Cc2ccccc2F)CC1. The lowest BCUT2D eigenvalue weighted by molar-refractivity contribution is 0.180. The van der Waals surface area contributed by atoms with Crippen molar-refractivity contribution in [3.63, 3.8) is 0 Å². The van der Waals surface area contributed by atoms with E-state index in [1.807, 2.05) is 18.2 Å². The first kappa shape index (κ1) is 17.6. The molecule has 0 bridgehead atoms. The number of halogens is 1. The van der Waals surface area contributed by atoms with E-state index in [1.54, 1.807) is 22.5 Å². The Morgan fingerprint density at radius 1 is 0.923 bits per heavy atom. The first-order valence-electron chi connectivity index (χ1n) is 9.12. The van der Waals surface area contributed by atoms with Crippen LogP contribution in [0.1, 0.15) is 23.1 Å². The second kappa shape index (κ2) is 7.10. The van der Waals surface area contributed by atoms with Crippen LogP contribution in [0.15, 0.2) is 47.4 Å². The highest BCUT2D eigenvalue weighted by atomic mass is 32.2. The number of piperazine rings is 1. The highest BCUT2D eigenvalue weighted by Gasteiger charge is 2.29. The van der Waals surface area contributed by atoms with Gasteiger partial charge in [-0.3, -0.25) is 4.90 Å². The standard InChI is InChI=1S/C20H23FN2O2S/c21-20-7-2-1-4-18(20)15-22-10-12-23(13-11-22)26(24,25)19-9-8-16-5-3-6-17(16)14-19/h1-2,4,7-9,14H,3,5-6,10-13,15H2. The van der Waals surface area contributed by atoms with Crippen molar-refractivity contribution in [3.05, 3.63) is 65.0 Å². The van der Waals surface area contributed by atoms with Crippen LogP contribution in [0.3, 0.4) is 0 Å². The summed E-state index contributed by atoms with van der Waals surface area (Å²) in [6, 6.07) is 12.3. The van der Waals surface area contributed by atoms with Gasteiger partial charge in [-0.1, -0.05) is 24.3 Å². The maximum atomic E-state index is 13.8. The van der Waals surface area contributed by atoms with E-state index in [-0.39, 0.29) is 5.82 Å². The minimum absolute atomic E-state index is 0.208. The van der Waals surface area contributed by atoms with Gasteiger partial charge in [-0.25, -0.2) is 12.8 Å². The molecule has 1 aliphatic heterocycles. The van der Waals surface area contributed by atoms with Crippen LogP contribution in [0.2, 0.25) is 0 Å². The van der Waals surface area contributed by atoms with E-state index in [4.69, 9.17) is 0 Å². The van der Waals surface area contributed by atoms with E-state index < -0.39 is 10.0 Å². The molecule has 0 spiro atoms. The molecule has 0 radical (unpaired) electrons. The summed E-state index contributed by atoms with van der Waals surface area (Å²) in [5, 5.41) is 0. The molecule has 1 saturated heterocycles. The van der Waals surface area contributed by atoms with E-state index in [0.29, 0.717) is 43.2 Å². The van der Waals surface area contributed by atoms with E-state index in [1.165, 1.54) is 17.2 Å². The minimum Gasteiger partial charge on any atom is -0.296 e. The third-order valence-corrected chi connectivity index (χ3v) is 7.29. The van der Waals surface area contributed by atoms with Crippen LogP contribution in [0.5, 0.6) is 0 Å². The maximum Gasteiger partial charge on any atom is 0.243 e. The van der Waals surface area contributed by atoms with Crippen LogP contribution < -0.4 is 0 Å². The predicted octanol–water partition coefficient (Wildman–Crippen LogP) is 2.82. The molecule has 2 aromatic carbocycles. The summed E-state index contributed by atoms with van der Waals surface area (Å²) in [5.74, 6) is -0.208. The zero-order valence-electron chi connectivity index (χ0n) is 14.7. The lowest BCUT2D eigenvalue weighted by Crippen LogP contribution is -2.48. The van der Waals surface area contributed by atoms with Gasteiger partial charge in [0.05, 0.1) is 4.90 Å². The van der Waals surface area contributed by atoms with Gasteiger partial charge < -0.3 is 0 Å². The number of hydrogen-bond donors (Lipinski definition) is 0. The zero-order valence-corrected chi connectivity index (χ0v) is 15.5. The van der Waals surface area contributed by atoms with Crippen molar-refractivity contribution >= 4 is 10.0 Å². The highest BCUT2D eigenvalue weighted by Crippen LogP contribution is 2.27. The molecule has 4 rings (SSSR count). The van der Waals surface area contributed by atoms with Crippen LogP contribution in [-0.4, -0.2) is 43.8 Å². The van der Waals surface area contributed by atoms with Gasteiger partial charge in [-0.2, -0.15) is 4.31 Å². The van der Waals surface area contributed by atoms with Gasteiger partial charge in [0, 0.05) is 38.3 Å². The van der Waals surface area contributed by atoms with Gasteiger partial charge in [0.2, 0.25) is 10.0 Å². The Bertz CT molecular complexity index is 906. The number of benzene rings is 2. The Balaban J connectivity index is 1.43. The second-order valence-electron chi connectivity index (χ2n) is 7.06. The van der Waals surface area contributed by atoms with Gasteiger partial charge in [-0.15, -0.1) is 0 Å². The molecule has 4 nitrogen and oxygen atoms in total. The smallest absolute Gasteiger partial charge is 0.243 e. The third-order valence-electron chi connectivity index (χ3n) is 5.39. The molecule has 0 unspecified atom stereocenters. The Labute approximate surface area is 154 Å². The highest BCUT2D eigenvalue weighted by molar-refractivity contribution is 7.89. The average molecular weight is 374 g/mol. The number of aryl methyl sites for hydroxylation is 2. The second-order valence-corrected chi connectivity index (χ2v) is 8.99. The Hall–Kier alpha value is -1.76. The summed E-state index contributed by atoms with van der Waals surface area (Å²) >= 11 is 0. The fourth-order valence-corrected chi connectivity index (χ4v) is 5.33. The molecule has 0 amide bonds. The molecule has 0 saturated carbocycles.